The summed E-state index contributed by atoms with van der Waals surface area (Å²) in [6, 6.07) is 8.43. The van der Waals surface area contributed by atoms with E-state index in [0.29, 0.717) is 0 Å². The fourth-order valence-electron chi connectivity index (χ4n) is 2.16. The Morgan fingerprint density at radius 2 is 1.94 bits per heavy atom. The molecule has 0 saturated heterocycles. The van der Waals surface area contributed by atoms with Crippen LogP contribution in [-0.2, 0) is 13.0 Å². The van der Waals surface area contributed by atoms with Gasteiger partial charge in [-0.25, -0.2) is 4.98 Å². The molecule has 0 radical (unpaired) electrons. The lowest BCUT2D eigenvalue weighted by Gasteiger charge is -2.07. The molecule has 0 aliphatic heterocycles. The summed E-state index contributed by atoms with van der Waals surface area (Å²) < 4.78 is 2.38. The van der Waals surface area contributed by atoms with Crippen molar-refractivity contribution in [1.29, 1.82) is 0 Å². The highest BCUT2D eigenvalue weighted by Gasteiger charge is 2.07. The van der Waals surface area contributed by atoms with Crippen LogP contribution in [0, 0.1) is 0 Å². The molecule has 0 fully saturated rings. The van der Waals surface area contributed by atoms with Crippen LogP contribution in [0.2, 0.25) is 0 Å². The van der Waals surface area contributed by atoms with Crippen molar-refractivity contribution in [2.24, 2.45) is 0 Å². The molecular formula is C14H20N2. The first kappa shape index (κ1) is 11.2. The van der Waals surface area contributed by atoms with Gasteiger partial charge in [-0.15, -0.1) is 0 Å². The molecule has 2 rings (SSSR count). The van der Waals surface area contributed by atoms with E-state index in [4.69, 9.17) is 0 Å². The molecular weight excluding hydrogens is 196 g/mol. The van der Waals surface area contributed by atoms with E-state index in [1.165, 1.54) is 30.6 Å². The number of hydrogen-bond donors (Lipinski definition) is 0. The molecule has 1 heterocycles. The summed E-state index contributed by atoms with van der Waals surface area (Å²) in [5, 5.41) is 0. The fraction of sp³-hybridized carbons (Fsp3) is 0.500. The minimum atomic E-state index is 1.01. The Morgan fingerprint density at radius 3 is 2.69 bits per heavy atom. The van der Waals surface area contributed by atoms with Crippen LogP contribution in [0.1, 0.15) is 38.9 Å². The van der Waals surface area contributed by atoms with E-state index in [0.717, 1.165) is 18.5 Å². The summed E-state index contributed by atoms with van der Waals surface area (Å²) in [5.41, 5.74) is 2.42. The van der Waals surface area contributed by atoms with E-state index in [-0.39, 0.29) is 0 Å². The zero-order valence-electron chi connectivity index (χ0n) is 10.2. The lowest BCUT2D eigenvalue weighted by Crippen LogP contribution is -2.02. The van der Waals surface area contributed by atoms with E-state index >= 15 is 0 Å². The Bertz CT molecular complexity index is 457. The quantitative estimate of drug-likeness (QED) is 0.695. The molecule has 0 spiro atoms. The van der Waals surface area contributed by atoms with Crippen LogP contribution < -0.4 is 0 Å². The summed E-state index contributed by atoms with van der Waals surface area (Å²) in [6.07, 6.45) is 4.84. The van der Waals surface area contributed by atoms with Gasteiger partial charge in [-0.05, 0) is 18.6 Å². The van der Waals surface area contributed by atoms with E-state index in [1.807, 2.05) is 0 Å². The van der Waals surface area contributed by atoms with Gasteiger partial charge in [0, 0.05) is 13.0 Å². The fourth-order valence-corrected chi connectivity index (χ4v) is 2.16. The minimum absolute atomic E-state index is 1.01. The Kier molecular flexibility index (Phi) is 3.60. The number of aromatic nitrogens is 2. The van der Waals surface area contributed by atoms with Crippen LogP contribution in [0.4, 0.5) is 0 Å². The Balaban J connectivity index is 2.32. The largest absolute Gasteiger partial charge is 0.328 e. The molecule has 16 heavy (non-hydrogen) atoms. The zero-order chi connectivity index (χ0) is 11.4. The molecule has 0 aliphatic carbocycles. The third kappa shape index (κ3) is 2.11. The van der Waals surface area contributed by atoms with Crippen LogP contribution >= 0.6 is 0 Å². The van der Waals surface area contributed by atoms with Crippen molar-refractivity contribution in [2.45, 2.75) is 46.1 Å². The van der Waals surface area contributed by atoms with Gasteiger partial charge in [-0.1, -0.05) is 38.8 Å². The summed E-state index contributed by atoms with van der Waals surface area (Å²) in [7, 11) is 0. The number of unbranched alkanes of at least 4 members (excludes halogenated alkanes) is 2. The number of nitrogens with zero attached hydrogens (tertiary/aromatic N) is 2. The number of imidazole rings is 1. The zero-order valence-corrected chi connectivity index (χ0v) is 10.2. The van der Waals surface area contributed by atoms with Gasteiger partial charge < -0.3 is 4.57 Å². The van der Waals surface area contributed by atoms with Crippen LogP contribution in [0.15, 0.2) is 24.3 Å². The maximum absolute atomic E-state index is 4.67. The monoisotopic (exact) mass is 216 g/mol. The first-order valence-corrected chi connectivity index (χ1v) is 6.31. The van der Waals surface area contributed by atoms with Gasteiger partial charge in [-0.2, -0.15) is 0 Å². The number of hydrogen-bond acceptors (Lipinski definition) is 1. The Morgan fingerprint density at radius 1 is 1.12 bits per heavy atom. The molecule has 0 saturated carbocycles. The van der Waals surface area contributed by atoms with E-state index in [9.17, 15) is 0 Å². The van der Waals surface area contributed by atoms with Crippen molar-refractivity contribution in [1.82, 2.24) is 9.55 Å². The number of benzene rings is 1. The van der Waals surface area contributed by atoms with Gasteiger partial charge in [0.25, 0.3) is 0 Å². The summed E-state index contributed by atoms with van der Waals surface area (Å²) >= 11 is 0. The molecule has 0 aliphatic rings. The highest BCUT2D eigenvalue weighted by Crippen LogP contribution is 2.17. The molecule has 0 bridgehead atoms. The molecule has 0 unspecified atom stereocenters. The standard InChI is InChI=1S/C14H20N2/c1-3-5-8-11-16-13-10-7-6-9-12(13)15-14(16)4-2/h6-7,9-10H,3-5,8,11H2,1-2H3. The highest BCUT2D eigenvalue weighted by atomic mass is 15.1. The smallest absolute Gasteiger partial charge is 0.109 e. The van der Waals surface area contributed by atoms with Gasteiger partial charge in [-0.3, -0.25) is 0 Å². The lowest BCUT2D eigenvalue weighted by atomic mass is 10.2. The Labute approximate surface area is 97.3 Å². The molecule has 1 aromatic carbocycles. The van der Waals surface area contributed by atoms with E-state index < -0.39 is 0 Å². The molecule has 0 amide bonds. The van der Waals surface area contributed by atoms with E-state index in [2.05, 4.69) is 47.7 Å². The van der Waals surface area contributed by atoms with Crippen molar-refractivity contribution in [3.05, 3.63) is 30.1 Å². The second-order valence-electron chi connectivity index (χ2n) is 4.23. The second-order valence-corrected chi connectivity index (χ2v) is 4.23. The molecule has 0 N–H and O–H groups in total. The van der Waals surface area contributed by atoms with Crippen molar-refractivity contribution in [3.8, 4) is 0 Å². The molecule has 0 atom stereocenters. The lowest BCUT2D eigenvalue weighted by molar-refractivity contribution is 0.594. The van der Waals surface area contributed by atoms with Crippen LogP contribution in [0.5, 0.6) is 0 Å². The second kappa shape index (κ2) is 5.15. The predicted molar refractivity (Wildman–Crippen MR) is 68.6 cm³/mol. The van der Waals surface area contributed by atoms with Crippen molar-refractivity contribution < 1.29 is 0 Å². The molecule has 2 aromatic rings. The Hall–Kier alpha value is -1.31. The summed E-state index contributed by atoms with van der Waals surface area (Å²) in [4.78, 5) is 4.67. The summed E-state index contributed by atoms with van der Waals surface area (Å²) in [5.74, 6) is 1.22. The highest BCUT2D eigenvalue weighted by molar-refractivity contribution is 5.75. The number of fused-ring (bicyclic) bond motifs is 1. The van der Waals surface area contributed by atoms with Crippen molar-refractivity contribution >= 4 is 11.0 Å². The average Bonchev–Trinajstić information content (AvgIpc) is 2.68. The van der Waals surface area contributed by atoms with Crippen molar-refractivity contribution in [3.63, 3.8) is 0 Å². The van der Waals surface area contributed by atoms with Crippen molar-refractivity contribution in [2.75, 3.05) is 0 Å². The third-order valence-electron chi connectivity index (χ3n) is 3.04. The normalized spacial score (nSPS) is 11.1. The van der Waals surface area contributed by atoms with Gasteiger partial charge >= 0.3 is 0 Å². The molecule has 86 valence electrons. The summed E-state index contributed by atoms with van der Waals surface area (Å²) in [6.45, 7) is 5.53. The predicted octanol–water partition coefficient (Wildman–Crippen LogP) is 3.79. The SMILES string of the molecule is CCCCCn1c(CC)nc2ccccc21. The first-order valence-electron chi connectivity index (χ1n) is 6.31. The third-order valence-corrected chi connectivity index (χ3v) is 3.04. The topological polar surface area (TPSA) is 17.8 Å². The number of rotatable bonds is 5. The van der Waals surface area contributed by atoms with Gasteiger partial charge in [0.1, 0.15) is 5.82 Å². The number of aryl methyl sites for hydroxylation is 2. The van der Waals surface area contributed by atoms with Gasteiger partial charge in [0.15, 0.2) is 0 Å². The van der Waals surface area contributed by atoms with E-state index in [1.54, 1.807) is 0 Å². The van der Waals surface area contributed by atoms with Crippen LogP contribution in [-0.4, -0.2) is 9.55 Å². The number of para-hydroxylation sites is 2. The maximum Gasteiger partial charge on any atom is 0.109 e. The minimum Gasteiger partial charge on any atom is -0.328 e. The van der Waals surface area contributed by atoms with Gasteiger partial charge in [0.2, 0.25) is 0 Å². The van der Waals surface area contributed by atoms with Crippen LogP contribution in [0.3, 0.4) is 0 Å². The first-order chi connectivity index (χ1) is 7.86. The van der Waals surface area contributed by atoms with Gasteiger partial charge in [0.05, 0.1) is 11.0 Å². The maximum atomic E-state index is 4.67. The molecule has 2 nitrogen and oxygen atoms in total. The van der Waals surface area contributed by atoms with Crippen LogP contribution in [0.25, 0.3) is 11.0 Å². The molecule has 1 aromatic heterocycles. The average molecular weight is 216 g/mol. The molecule has 2 heteroatoms.